The van der Waals surface area contributed by atoms with E-state index in [1.165, 1.54) is 7.11 Å². The van der Waals surface area contributed by atoms with Gasteiger partial charge in [0.2, 0.25) is 0 Å². The summed E-state index contributed by atoms with van der Waals surface area (Å²) in [6, 6.07) is 5.75. The molecule has 0 fully saturated rings. The molecule has 0 bridgehead atoms. The van der Waals surface area contributed by atoms with Gasteiger partial charge in [0.15, 0.2) is 0 Å². The van der Waals surface area contributed by atoms with Gasteiger partial charge in [0, 0.05) is 6.04 Å². The molecule has 0 amide bonds. The molecule has 3 nitrogen and oxygen atoms in total. The van der Waals surface area contributed by atoms with Crippen molar-refractivity contribution in [2.24, 2.45) is 5.73 Å². The number of halogens is 1. The van der Waals surface area contributed by atoms with Crippen LogP contribution >= 0.6 is 12.4 Å². The Labute approximate surface area is 101 Å². The third-order valence-electron chi connectivity index (χ3n) is 2.96. The maximum atomic E-state index is 11.5. The van der Waals surface area contributed by atoms with Gasteiger partial charge in [0.25, 0.3) is 0 Å². The number of esters is 1. The molecule has 1 aromatic rings. The molecular formula is C12H16ClNO2. The van der Waals surface area contributed by atoms with E-state index < -0.39 is 0 Å². The molecule has 0 spiro atoms. The fraction of sp³-hybridized carbons (Fsp3) is 0.417. The monoisotopic (exact) mass is 241 g/mol. The highest BCUT2D eigenvalue weighted by Gasteiger charge is 2.21. The molecule has 16 heavy (non-hydrogen) atoms. The molecule has 1 aliphatic rings. The first kappa shape index (κ1) is 13.0. The van der Waals surface area contributed by atoms with Crippen LogP contribution in [-0.2, 0) is 11.2 Å². The second-order valence-electron chi connectivity index (χ2n) is 3.86. The van der Waals surface area contributed by atoms with Crippen LogP contribution in [0.1, 0.15) is 40.4 Å². The Bertz CT molecular complexity index is 393. The van der Waals surface area contributed by atoms with Crippen LogP contribution in [0.25, 0.3) is 0 Å². The third kappa shape index (κ3) is 2.20. The zero-order valence-corrected chi connectivity index (χ0v) is 10.0. The van der Waals surface area contributed by atoms with Gasteiger partial charge in [-0.2, -0.15) is 0 Å². The average molecular weight is 242 g/mol. The highest BCUT2D eigenvalue weighted by atomic mass is 35.5. The lowest BCUT2D eigenvalue weighted by Gasteiger charge is -2.23. The summed E-state index contributed by atoms with van der Waals surface area (Å²) in [5.41, 5.74) is 8.85. The Hall–Kier alpha value is -1.06. The zero-order valence-electron chi connectivity index (χ0n) is 9.23. The van der Waals surface area contributed by atoms with Crippen molar-refractivity contribution in [3.05, 3.63) is 34.9 Å². The fourth-order valence-electron chi connectivity index (χ4n) is 2.19. The number of methoxy groups -OCH3 is 1. The van der Waals surface area contributed by atoms with E-state index in [-0.39, 0.29) is 24.4 Å². The highest BCUT2D eigenvalue weighted by Crippen LogP contribution is 2.30. The van der Waals surface area contributed by atoms with Gasteiger partial charge in [0.05, 0.1) is 12.7 Å². The number of hydrogen-bond donors (Lipinski definition) is 1. The maximum absolute atomic E-state index is 11.5. The molecule has 0 saturated carbocycles. The number of rotatable bonds is 1. The summed E-state index contributed by atoms with van der Waals surface area (Å²) in [6.07, 6.45) is 2.97. The molecule has 2 rings (SSSR count). The minimum Gasteiger partial charge on any atom is -0.465 e. The number of hydrogen-bond acceptors (Lipinski definition) is 3. The normalized spacial score (nSPS) is 18.2. The summed E-state index contributed by atoms with van der Waals surface area (Å²) in [4.78, 5) is 11.5. The smallest absolute Gasteiger partial charge is 0.338 e. The minimum absolute atomic E-state index is 0. The van der Waals surface area contributed by atoms with Crippen LogP contribution in [0, 0.1) is 0 Å². The summed E-state index contributed by atoms with van der Waals surface area (Å²) >= 11 is 0. The topological polar surface area (TPSA) is 52.3 Å². The standard InChI is InChI=1S/C12H15NO2.ClH/c1-15-12(14)10-6-2-5-9-8(10)4-3-7-11(9)13;/h2,5-6,11H,3-4,7,13H2,1H3;1H/t11-;/m0./s1. The minimum atomic E-state index is -0.263. The molecule has 1 aromatic carbocycles. The van der Waals surface area contributed by atoms with E-state index in [1.54, 1.807) is 0 Å². The van der Waals surface area contributed by atoms with Gasteiger partial charge in [-0.3, -0.25) is 0 Å². The Morgan fingerprint density at radius 3 is 2.94 bits per heavy atom. The lowest BCUT2D eigenvalue weighted by atomic mass is 9.85. The lowest BCUT2D eigenvalue weighted by molar-refractivity contribution is 0.0599. The number of ether oxygens (including phenoxy) is 1. The van der Waals surface area contributed by atoms with Crippen molar-refractivity contribution in [1.82, 2.24) is 0 Å². The molecule has 0 saturated heterocycles. The van der Waals surface area contributed by atoms with E-state index in [2.05, 4.69) is 0 Å². The molecule has 0 aromatic heterocycles. The summed E-state index contributed by atoms with van der Waals surface area (Å²) in [5.74, 6) is -0.263. The molecule has 0 radical (unpaired) electrons. The van der Waals surface area contributed by atoms with Crippen molar-refractivity contribution in [2.45, 2.75) is 25.3 Å². The van der Waals surface area contributed by atoms with Gasteiger partial charge in [-0.05, 0) is 36.5 Å². The number of fused-ring (bicyclic) bond motifs is 1. The van der Waals surface area contributed by atoms with Crippen LogP contribution in [0.5, 0.6) is 0 Å². The Morgan fingerprint density at radius 2 is 2.25 bits per heavy atom. The van der Waals surface area contributed by atoms with Gasteiger partial charge in [0.1, 0.15) is 0 Å². The summed E-state index contributed by atoms with van der Waals surface area (Å²) < 4.78 is 4.76. The van der Waals surface area contributed by atoms with Crippen LogP contribution in [0.3, 0.4) is 0 Å². The molecule has 1 aliphatic carbocycles. The predicted molar refractivity (Wildman–Crippen MR) is 64.9 cm³/mol. The fourth-order valence-corrected chi connectivity index (χ4v) is 2.19. The Morgan fingerprint density at radius 1 is 1.50 bits per heavy atom. The Kier molecular flexibility index (Phi) is 4.33. The lowest BCUT2D eigenvalue weighted by Crippen LogP contribution is -2.20. The number of nitrogens with two attached hydrogens (primary N) is 1. The van der Waals surface area contributed by atoms with E-state index in [1.807, 2.05) is 18.2 Å². The highest BCUT2D eigenvalue weighted by molar-refractivity contribution is 5.91. The van der Waals surface area contributed by atoms with E-state index in [4.69, 9.17) is 10.5 Å². The summed E-state index contributed by atoms with van der Waals surface area (Å²) in [7, 11) is 1.41. The quantitative estimate of drug-likeness (QED) is 0.768. The van der Waals surface area contributed by atoms with Crippen LogP contribution in [-0.4, -0.2) is 13.1 Å². The predicted octanol–water partition coefficient (Wildman–Crippen LogP) is 2.23. The van der Waals surface area contributed by atoms with E-state index in [0.29, 0.717) is 5.56 Å². The maximum Gasteiger partial charge on any atom is 0.338 e. The Balaban J connectivity index is 0.00000128. The van der Waals surface area contributed by atoms with E-state index in [0.717, 1.165) is 30.4 Å². The number of benzene rings is 1. The van der Waals surface area contributed by atoms with Gasteiger partial charge in [-0.25, -0.2) is 4.79 Å². The first-order valence-corrected chi connectivity index (χ1v) is 5.19. The van der Waals surface area contributed by atoms with Gasteiger partial charge in [-0.15, -0.1) is 12.4 Å². The summed E-state index contributed by atoms with van der Waals surface area (Å²) in [6.45, 7) is 0. The van der Waals surface area contributed by atoms with Crippen molar-refractivity contribution in [3.63, 3.8) is 0 Å². The molecule has 0 heterocycles. The molecule has 0 unspecified atom stereocenters. The van der Waals surface area contributed by atoms with Crippen LogP contribution < -0.4 is 5.73 Å². The SMILES string of the molecule is COC(=O)c1cccc2c1CCC[C@@H]2N.Cl. The molecular weight excluding hydrogens is 226 g/mol. The van der Waals surface area contributed by atoms with E-state index in [9.17, 15) is 4.79 Å². The molecule has 4 heteroatoms. The van der Waals surface area contributed by atoms with Crippen LogP contribution in [0.15, 0.2) is 18.2 Å². The second-order valence-corrected chi connectivity index (χ2v) is 3.86. The van der Waals surface area contributed by atoms with Crippen molar-refractivity contribution >= 4 is 18.4 Å². The van der Waals surface area contributed by atoms with Crippen molar-refractivity contribution in [1.29, 1.82) is 0 Å². The number of carbonyl (C=O) groups is 1. The van der Waals surface area contributed by atoms with Crippen LogP contribution in [0.2, 0.25) is 0 Å². The molecule has 88 valence electrons. The van der Waals surface area contributed by atoms with Crippen molar-refractivity contribution < 1.29 is 9.53 Å². The van der Waals surface area contributed by atoms with Crippen LogP contribution in [0.4, 0.5) is 0 Å². The molecule has 1 atom stereocenters. The van der Waals surface area contributed by atoms with Gasteiger partial charge < -0.3 is 10.5 Å². The summed E-state index contributed by atoms with van der Waals surface area (Å²) in [5, 5.41) is 0. The first-order valence-electron chi connectivity index (χ1n) is 5.19. The zero-order chi connectivity index (χ0) is 10.8. The molecule has 0 aliphatic heterocycles. The van der Waals surface area contributed by atoms with Crippen molar-refractivity contribution in [3.8, 4) is 0 Å². The first-order chi connectivity index (χ1) is 7.24. The van der Waals surface area contributed by atoms with E-state index >= 15 is 0 Å². The third-order valence-corrected chi connectivity index (χ3v) is 2.96. The van der Waals surface area contributed by atoms with Crippen molar-refractivity contribution in [2.75, 3.05) is 7.11 Å². The van der Waals surface area contributed by atoms with Gasteiger partial charge >= 0.3 is 5.97 Å². The molecule has 2 N–H and O–H groups in total. The van der Waals surface area contributed by atoms with Gasteiger partial charge in [-0.1, -0.05) is 12.1 Å². The second kappa shape index (κ2) is 5.32. The largest absolute Gasteiger partial charge is 0.465 e. The number of carbonyl (C=O) groups excluding carboxylic acids is 1. The average Bonchev–Trinajstić information content (AvgIpc) is 2.28.